The Morgan fingerprint density at radius 1 is 0.545 bits per heavy atom. The van der Waals surface area contributed by atoms with E-state index >= 15 is 0 Å². The Hall–Kier alpha value is -6.55. The monoisotopic (exact) mass is 1040 g/mol. The number of rotatable bonds is 6. The van der Waals surface area contributed by atoms with E-state index in [0.29, 0.717) is 0 Å². The Labute approximate surface area is 398 Å². The third-order valence-corrected chi connectivity index (χ3v) is 14.5. The molecule has 0 radical (unpaired) electrons. The number of imidazole rings is 1. The molecular weight excluding hydrogens is 988 g/mol. The van der Waals surface area contributed by atoms with Crippen LogP contribution in [0.1, 0.15) is 75.1 Å². The number of hydrogen-bond acceptors (Lipinski definition) is 2. The second-order valence-corrected chi connectivity index (χ2v) is 21.0. The zero-order valence-electron chi connectivity index (χ0n) is 38.5. The van der Waals surface area contributed by atoms with Crippen LogP contribution in [0.25, 0.3) is 61.1 Å². The van der Waals surface area contributed by atoms with Crippen LogP contribution in [0.3, 0.4) is 0 Å². The topological polar surface area (TPSA) is 36.4 Å². The van der Waals surface area contributed by atoms with Crippen LogP contribution in [0, 0.1) is 3.80 Å². The van der Waals surface area contributed by atoms with Gasteiger partial charge in [-0.2, -0.15) is 0 Å². The van der Waals surface area contributed by atoms with Crippen molar-refractivity contribution in [2.45, 2.75) is 78.1 Å². The molecule has 66 heavy (non-hydrogen) atoms. The third-order valence-electron chi connectivity index (χ3n) is 13.5. The minimum Gasteiger partial charge on any atom is -0.0579 e. The van der Waals surface area contributed by atoms with Crippen LogP contribution in [0.15, 0.2) is 170 Å². The summed E-state index contributed by atoms with van der Waals surface area (Å²) in [6, 6.07) is 57.6. The zero-order valence-corrected chi connectivity index (χ0v) is 40.8. The molecule has 5 nitrogen and oxygen atoms in total. The molecule has 0 saturated carbocycles. The Kier molecular flexibility index (Phi) is 10.5. The van der Waals surface area contributed by atoms with E-state index in [9.17, 15) is 0 Å². The fraction of sp³-hybridized carbons (Fsp3) is 0.200. The summed E-state index contributed by atoms with van der Waals surface area (Å²) in [6.07, 6.45) is 8.38. The summed E-state index contributed by atoms with van der Waals surface area (Å²) in [6.45, 7) is 13.7. The van der Waals surface area contributed by atoms with Crippen LogP contribution in [-0.2, 0) is 55.9 Å². The third kappa shape index (κ3) is 7.77. The van der Waals surface area contributed by atoms with Crippen molar-refractivity contribution in [2.24, 2.45) is 0 Å². The van der Waals surface area contributed by atoms with Gasteiger partial charge in [0.25, 0.3) is 0 Å². The summed E-state index contributed by atoms with van der Waals surface area (Å²) in [5, 5.41) is 2.32. The van der Waals surface area contributed by atoms with Gasteiger partial charge < -0.3 is 0 Å². The number of aryl methyl sites for hydroxylation is 4. The minimum atomic E-state index is -0.139. The van der Waals surface area contributed by atoms with Crippen LogP contribution in [0.2, 0.25) is 0 Å². The Morgan fingerprint density at radius 3 is 2.02 bits per heavy atom. The molecule has 0 unspecified atom stereocenters. The van der Waals surface area contributed by atoms with Crippen LogP contribution >= 0.6 is 0 Å². The molecular formula is C60H54N4OPt. The van der Waals surface area contributed by atoms with E-state index in [2.05, 4.69) is 245 Å². The number of pyridine rings is 2. The van der Waals surface area contributed by atoms with Gasteiger partial charge in [-0.05, 0) is 38.6 Å². The molecule has 6 heterocycles. The standard InChI is InChI=1S/C60H54N4O.Pt/c1-59(2,3)46-26-22-43(23-27-46)53-37-61-58(36-54(53)60(4,5)6)64-55-32-25-45(42-11-8-7-9-12-42)33-52(55)51-31-30-50(35-56(51)64)65-49-14-10-13-48(34-49)62-38-57-44-21-19-40-15-17-41(18-16-40)20-28-47(29-24-44)63(57)39-62;/h7-18,22-27,29-38H,19-21,28H2,1-6H3;. The molecule has 14 rings (SSSR count). The molecule has 4 bridgehead atoms. The van der Waals surface area contributed by atoms with Gasteiger partial charge in [0.15, 0.2) is 0 Å². The molecule has 6 heteroatoms. The predicted octanol–water partition coefficient (Wildman–Crippen LogP) is 14.9. The van der Waals surface area contributed by atoms with Crippen molar-refractivity contribution in [3.05, 3.63) is 207 Å². The quantitative estimate of drug-likeness (QED) is 0.166. The second-order valence-electron chi connectivity index (χ2n) is 20.0. The maximum atomic E-state index is 6.85. The first-order valence-electron chi connectivity index (χ1n) is 23.2. The van der Waals surface area contributed by atoms with Gasteiger partial charge in [0, 0.05) is 11.8 Å². The van der Waals surface area contributed by atoms with E-state index in [1.54, 1.807) is 0 Å². The summed E-state index contributed by atoms with van der Waals surface area (Å²) in [5.41, 5.74) is 17.1. The summed E-state index contributed by atoms with van der Waals surface area (Å²) >= 11 is 2.50. The first kappa shape index (κ1) is 42.1. The summed E-state index contributed by atoms with van der Waals surface area (Å²) in [5.74, 6) is 2.43. The van der Waals surface area contributed by atoms with Crippen molar-refractivity contribution in [3.63, 3.8) is 0 Å². The van der Waals surface area contributed by atoms with E-state index in [4.69, 9.17) is 9.72 Å². The van der Waals surface area contributed by atoms with Gasteiger partial charge in [0.05, 0.1) is 0 Å². The average molecular weight is 1040 g/mol. The summed E-state index contributed by atoms with van der Waals surface area (Å²) in [7, 11) is 0. The van der Waals surface area contributed by atoms with Crippen molar-refractivity contribution < 1.29 is 24.1 Å². The number of ether oxygens (including phenoxy) is 1. The van der Waals surface area contributed by atoms with Gasteiger partial charge in [-0.1, -0.05) is 102 Å². The van der Waals surface area contributed by atoms with Gasteiger partial charge in [0.2, 0.25) is 0 Å². The number of nitrogens with zero attached hydrogens (tertiary/aromatic N) is 4. The Morgan fingerprint density at radius 2 is 1.27 bits per heavy atom. The molecule has 0 amide bonds. The van der Waals surface area contributed by atoms with E-state index in [-0.39, 0.29) is 10.8 Å². The molecule has 330 valence electrons. The molecule has 0 spiro atoms. The van der Waals surface area contributed by atoms with Crippen molar-refractivity contribution in [1.82, 2.24) is 18.5 Å². The van der Waals surface area contributed by atoms with Crippen molar-refractivity contribution >= 4 is 27.3 Å². The van der Waals surface area contributed by atoms with Gasteiger partial charge in [0.1, 0.15) is 0 Å². The first-order valence-corrected chi connectivity index (χ1v) is 24.3. The van der Waals surface area contributed by atoms with E-state index < -0.39 is 0 Å². The molecule has 10 aromatic rings. The maximum absolute atomic E-state index is 6.85. The zero-order chi connectivity index (χ0) is 45.3. The van der Waals surface area contributed by atoms with Gasteiger partial charge >= 0.3 is 248 Å². The first-order chi connectivity index (χ1) is 31.9. The second kappa shape index (κ2) is 16.4. The smallest absolute Gasteiger partial charge is 0.0579 e. The van der Waals surface area contributed by atoms with E-state index in [0.717, 1.165) is 74.5 Å². The van der Waals surface area contributed by atoms with E-state index in [1.165, 1.54) is 61.1 Å². The Balaban J connectivity index is 1.00. The predicted molar refractivity (Wildman–Crippen MR) is 268 cm³/mol. The SMILES string of the molecule is CC(C)(C)c1ccc(-c2cnc(-n3c4ccc(-c5ccccc5)cc4c4ccc(Oc5cccc(-n6cc7c8ccc(n7[c]6=[Pt])CCc6ccc(cc6)CC8)c5)cc43)cc2C(C)(C)C)cc1. The summed E-state index contributed by atoms with van der Waals surface area (Å²) in [4.78, 5) is 5.28. The van der Waals surface area contributed by atoms with Crippen LogP contribution in [0.4, 0.5) is 0 Å². The minimum absolute atomic E-state index is 0.0820. The Bertz CT molecular complexity index is 3520. The van der Waals surface area contributed by atoms with Crippen LogP contribution in [0.5, 0.6) is 11.5 Å². The summed E-state index contributed by atoms with van der Waals surface area (Å²) < 4.78 is 15.1. The van der Waals surface area contributed by atoms with Crippen molar-refractivity contribution in [3.8, 4) is 45.3 Å². The van der Waals surface area contributed by atoms with Crippen molar-refractivity contribution in [1.29, 1.82) is 0 Å². The van der Waals surface area contributed by atoms with Crippen LogP contribution < -0.4 is 4.74 Å². The molecule has 4 aliphatic rings. The molecule has 0 fully saturated rings. The number of benzene rings is 6. The van der Waals surface area contributed by atoms with Crippen LogP contribution in [-0.4, -0.2) is 18.5 Å². The molecule has 2 aliphatic carbocycles. The van der Waals surface area contributed by atoms with Gasteiger partial charge in [-0.3, -0.25) is 0 Å². The number of fused-ring (bicyclic) bond motifs is 3. The fourth-order valence-corrected chi connectivity index (χ4v) is 10.8. The molecule has 0 saturated heterocycles. The number of aromatic nitrogens is 4. The molecule has 4 aromatic heterocycles. The normalized spacial score (nSPS) is 13.2. The molecule has 2 aliphatic heterocycles. The number of hydrogen-bond donors (Lipinski definition) is 0. The molecule has 0 atom stereocenters. The molecule has 6 aromatic carbocycles. The fourth-order valence-electron chi connectivity index (χ4n) is 9.80. The molecule has 0 N–H and O–H groups in total. The van der Waals surface area contributed by atoms with Gasteiger partial charge in [-0.25, -0.2) is 0 Å². The van der Waals surface area contributed by atoms with E-state index in [1.807, 2.05) is 0 Å². The average Bonchev–Trinajstić information content (AvgIpc) is 3.84. The van der Waals surface area contributed by atoms with Crippen molar-refractivity contribution in [2.75, 3.05) is 0 Å². The van der Waals surface area contributed by atoms with Gasteiger partial charge in [-0.15, -0.1) is 0 Å².